The van der Waals surface area contributed by atoms with E-state index in [1.54, 1.807) is 12.1 Å². The van der Waals surface area contributed by atoms with E-state index >= 15 is 0 Å². The van der Waals surface area contributed by atoms with Crippen LogP contribution in [0.1, 0.15) is 24.1 Å². The highest BCUT2D eigenvalue weighted by Gasteiger charge is 2.21. The smallest absolute Gasteiger partial charge is 0.224 e. The first-order valence-electron chi connectivity index (χ1n) is 8.48. The second-order valence-corrected chi connectivity index (χ2v) is 6.38. The van der Waals surface area contributed by atoms with Crippen molar-refractivity contribution < 1.29 is 9.18 Å². The number of nitrogens with two attached hydrogens (primary N) is 1. The Balaban J connectivity index is 0.00000338. The van der Waals surface area contributed by atoms with E-state index in [4.69, 9.17) is 5.73 Å². The lowest BCUT2D eigenvalue weighted by Gasteiger charge is -2.21. The van der Waals surface area contributed by atoms with Crippen LogP contribution in [0.5, 0.6) is 0 Å². The van der Waals surface area contributed by atoms with E-state index < -0.39 is 0 Å². The van der Waals surface area contributed by atoms with Crippen LogP contribution in [0.3, 0.4) is 0 Å². The average molecular weight is 416 g/mol. The first kappa shape index (κ1) is 25.3. The molecule has 2 atom stereocenters. The van der Waals surface area contributed by atoms with Crippen LogP contribution in [0.4, 0.5) is 4.39 Å². The number of carbonyl (C=O) groups is 1. The van der Waals surface area contributed by atoms with Crippen molar-refractivity contribution in [3.63, 3.8) is 0 Å². The monoisotopic (exact) mass is 415 g/mol. The van der Waals surface area contributed by atoms with E-state index in [0.29, 0.717) is 19.6 Å². The maximum absolute atomic E-state index is 12.9. The third kappa shape index (κ3) is 8.26. The summed E-state index contributed by atoms with van der Waals surface area (Å²) >= 11 is 0. The summed E-state index contributed by atoms with van der Waals surface area (Å²) in [6.45, 7) is 3.79. The fourth-order valence-corrected chi connectivity index (χ4v) is 2.64. The Morgan fingerprint density at radius 1 is 1.11 bits per heavy atom. The summed E-state index contributed by atoms with van der Waals surface area (Å²) in [7, 11) is 1.97. The highest BCUT2D eigenvalue weighted by atomic mass is 35.5. The molecular formula is C20H28Cl2FN3O. The van der Waals surface area contributed by atoms with Gasteiger partial charge in [-0.15, -0.1) is 24.8 Å². The first-order chi connectivity index (χ1) is 12.0. The van der Waals surface area contributed by atoms with Gasteiger partial charge in [-0.2, -0.15) is 0 Å². The summed E-state index contributed by atoms with van der Waals surface area (Å²) in [6.07, 6.45) is 0. The Hall–Kier alpha value is -1.66. The second kappa shape index (κ2) is 12.7. The molecule has 27 heavy (non-hydrogen) atoms. The van der Waals surface area contributed by atoms with Crippen LogP contribution in [-0.2, 0) is 11.3 Å². The van der Waals surface area contributed by atoms with Gasteiger partial charge in [0.1, 0.15) is 5.82 Å². The lowest BCUT2D eigenvalue weighted by Crippen LogP contribution is -2.39. The van der Waals surface area contributed by atoms with Crippen molar-refractivity contribution in [3.05, 3.63) is 71.5 Å². The zero-order valence-corrected chi connectivity index (χ0v) is 17.2. The topological polar surface area (TPSA) is 58.4 Å². The predicted octanol–water partition coefficient (Wildman–Crippen LogP) is 3.55. The van der Waals surface area contributed by atoms with Crippen molar-refractivity contribution in [3.8, 4) is 0 Å². The standard InChI is InChI=1S/C20H26FN3O.2ClH/c1-15(19(22)17-6-4-3-5-7-17)20(25)23-12-13-24(2)14-16-8-10-18(21)11-9-16;;/h3-11,15,19H,12-14,22H2,1-2H3,(H,23,25);2*1H. The minimum absolute atomic E-state index is 0. The van der Waals surface area contributed by atoms with Gasteiger partial charge in [0.2, 0.25) is 5.91 Å². The largest absolute Gasteiger partial charge is 0.355 e. The molecular weight excluding hydrogens is 388 g/mol. The van der Waals surface area contributed by atoms with E-state index in [1.807, 2.05) is 44.3 Å². The summed E-state index contributed by atoms with van der Waals surface area (Å²) in [5, 5.41) is 2.94. The quantitative estimate of drug-likeness (QED) is 0.692. The molecule has 0 heterocycles. The molecule has 0 radical (unpaired) electrons. The molecule has 3 N–H and O–H groups in total. The van der Waals surface area contributed by atoms with Gasteiger partial charge < -0.3 is 16.0 Å². The predicted molar refractivity (Wildman–Crippen MR) is 113 cm³/mol. The number of hydrogen-bond donors (Lipinski definition) is 2. The molecule has 2 aromatic carbocycles. The zero-order chi connectivity index (χ0) is 18.2. The van der Waals surface area contributed by atoms with Crippen LogP contribution < -0.4 is 11.1 Å². The molecule has 2 unspecified atom stereocenters. The summed E-state index contributed by atoms with van der Waals surface area (Å²) in [4.78, 5) is 14.4. The van der Waals surface area contributed by atoms with Crippen LogP contribution in [0, 0.1) is 11.7 Å². The second-order valence-electron chi connectivity index (χ2n) is 6.38. The summed E-state index contributed by atoms with van der Waals surface area (Å²) in [5.41, 5.74) is 8.18. The van der Waals surface area contributed by atoms with Gasteiger partial charge in [0.15, 0.2) is 0 Å². The average Bonchev–Trinajstić information content (AvgIpc) is 2.63. The molecule has 4 nitrogen and oxygen atoms in total. The molecule has 2 aromatic rings. The number of hydrogen-bond acceptors (Lipinski definition) is 3. The normalized spacial score (nSPS) is 12.5. The highest BCUT2D eigenvalue weighted by Crippen LogP contribution is 2.18. The fraction of sp³-hybridized carbons (Fsp3) is 0.350. The molecule has 2 rings (SSSR count). The molecule has 0 saturated carbocycles. The number of rotatable bonds is 8. The molecule has 0 spiro atoms. The zero-order valence-electron chi connectivity index (χ0n) is 15.6. The Bertz CT molecular complexity index is 671. The molecule has 150 valence electrons. The third-order valence-corrected chi connectivity index (χ3v) is 4.30. The van der Waals surface area contributed by atoms with E-state index in [1.165, 1.54) is 12.1 Å². The minimum Gasteiger partial charge on any atom is -0.355 e. The molecule has 0 aliphatic rings. The van der Waals surface area contributed by atoms with E-state index in [-0.39, 0.29) is 48.5 Å². The summed E-state index contributed by atoms with van der Waals surface area (Å²) in [5.74, 6) is -0.584. The highest BCUT2D eigenvalue weighted by molar-refractivity contribution is 5.85. The van der Waals surface area contributed by atoms with Crippen molar-refractivity contribution >= 4 is 30.7 Å². The van der Waals surface area contributed by atoms with Gasteiger partial charge >= 0.3 is 0 Å². The molecule has 0 aromatic heterocycles. The van der Waals surface area contributed by atoms with Crippen LogP contribution in [-0.4, -0.2) is 30.9 Å². The van der Waals surface area contributed by atoms with E-state index in [2.05, 4.69) is 10.2 Å². The van der Waals surface area contributed by atoms with Gasteiger partial charge in [-0.05, 0) is 30.3 Å². The van der Waals surface area contributed by atoms with Gasteiger partial charge in [-0.3, -0.25) is 4.79 Å². The van der Waals surface area contributed by atoms with E-state index in [0.717, 1.165) is 11.1 Å². The van der Waals surface area contributed by atoms with Crippen LogP contribution >= 0.6 is 24.8 Å². The third-order valence-electron chi connectivity index (χ3n) is 4.30. The van der Waals surface area contributed by atoms with Crippen molar-refractivity contribution in [2.24, 2.45) is 11.7 Å². The molecule has 0 aliphatic carbocycles. The van der Waals surface area contributed by atoms with Crippen molar-refractivity contribution in [2.45, 2.75) is 19.5 Å². The Kier molecular flexibility index (Phi) is 11.9. The van der Waals surface area contributed by atoms with Gasteiger partial charge in [0, 0.05) is 25.7 Å². The van der Waals surface area contributed by atoms with Crippen LogP contribution in [0.15, 0.2) is 54.6 Å². The SMILES string of the molecule is CC(C(=O)NCCN(C)Cc1ccc(F)cc1)C(N)c1ccccc1.Cl.Cl. The van der Waals surface area contributed by atoms with Crippen LogP contribution in [0.25, 0.3) is 0 Å². The fourth-order valence-electron chi connectivity index (χ4n) is 2.64. The number of nitrogens with one attached hydrogen (secondary N) is 1. The minimum atomic E-state index is -0.321. The molecule has 0 bridgehead atoms. The first-order valence-corrected chi connectivity index (χ1v) is 8.48. The van der Waals surface area contributed by atoms with E-state index in [9.17, 15) is 9.18 Å². The lowest BCUT2D eigenvalue weighted by molar-refractivity contribution is -0.125. The lowest BCUT2D eigenvalue weighted by atomic mass is 9.95. The summed E-state index contributed by atoms with van der Waals surface area (Å²) < 4.78 is 12.9. The maximum Gasteiger partial charge on any atom is 0.224 e. The Morgan fingerprint density at radius 2 is 1.70 bits per heavy atom. The number of likely N-dealkylation sites (N-methyl/N-ethyl adjacent to an activating group) is 1. The Morgan fingerprint density at radius 3 is 2.30 bits per heavy atom. The maximum atomic E-state index is 12.9. The number of carbonyl (C=O) groups excluding carboxylic acids is 1. The molecule has 0 saturated heterocycles. The van der Waals surface area contributed by atoms with Crippen molar-refractivity contribution in [1.29, 1.82) is 0 Å². The summed E-state index contributed by atoms with van der Waals surface area (Å²) in [6, 6.07) is 15.8. The number of halogens is 3. The van der Waals surface area contributed by atoms with Gasteiger partial charge in [-0.1, -0.05) is 49.4 Å². The number of amides is 1. The van der Waals surface area contributed by atoms with Gasteiger partial charge in [0.05, 0.1) is 5.92 Å². The Labute approximate surface area is 173 Å². The number of benzene rings is 2. The molecule has 1 amide bonds. The molecule has 0 aliphatic heterocycles. The van der Waals surface area contributed by atoms with Crippen molar-refractivity contribution in [1.82, 2.24) is 10.2 Å². The van der Waals surface area contributed by atoms with Crippen LogP contribution in [0.2, 0.25) is 0 Å². The van der Waals surface area contributed by atoms with Gasteiger partial charge in [0.25, 0.3) is 0 Å². The van der Waals surface area contributed by atoms with Crippen molar-refractivity contribution in [2.75, 3.05) is 20.1 Å². The van der Waals surface area contributed by atoms with Gasteiger partial charge in [-0.25, -0.2) is 4.39 Å². The molecule has 7 heteroatoms. The molecule has 0 fully saturated rings. The number of nitrogens with zero attached hydrogens (tertiary/aromatic N) is 1.